The lowest BCUT2D eigenvalue weighted by molar-refractivity contribution is 0.104. The minimum absolute atomic E-state index is 0.405. The highest BCUT2D eigenvalue weighted by Crippen LogP contribution is 2.09. The maximum Gasteiger partial charge on any atom is 0.547 e. The average molecular weight is 161 g/mol. The fourth-order valence-electron chi connectivity index (χ4n) is 0.854. The number of hydrogen-bond acceptors (Lipinski definition) is 2. The van der Waals surface area contributed by atoms with Gasteiger partial charge in [0.1, 0.15) is 5.56 Å². The molecular weight excluding hydrogens is 152 g/mol. The summed E-state index contributed by atoms with van der Waals surface area (Å²) in [7, 11) is 1.81. The van der Waals surface area contributed by atoms with Crippen LogP contribution in [0.2, 0.25) is 0 Å². The van der Waals surface area contributed by atoms with Crippen LogP contribution in [0.15, 0.2) is 24.3 Å². The molecule has 0 fully saturated rings. The first kappa shape index (κ1) is 8.28. The van der Waals surface area contributed by atoms with Gasteiger partial charge in [-0.3, -0.25) is 0 Å². The average Bonchev–Trinajstić information content (AvgIpc) is 2.17. The summed E-state index contributed by atoms with van der Waals surface area (Å²) >= 11 is 0. The Morgan fingerprint density at radius 1 is 1.42 bits per heavy atom. The Hall–Kier alpha value is -1.82. The van der Waals surface area contributed by atoms with Crippen LogP contribution in [0.25, 0.3) is 4.85 Å². The van der Waals surface area contributed by atoms with Crippen molar-refractivity contribution in [3.05, 3.63) is 34.7 Å². The Labute approximate surface area is 70.8 Å². The van der Waals surface area contributed by atoms with Crippen molar-refractivity contribution in [3.8, 4) is 6.57 Å². The summed E-state index contributed by atoms with van der Waals surface area (Å²) in [6, 6.07) is 6.92. The van der Waals surface area contributed by atoms with Gasteiger partial charge in [0.15, 0.2) is 0 Å². The van der Waals surface area contributed by atoms with Gasteiger partial charge in [0.25, 0.3) is 6.57 Å². The maximum absolute atomic E-state index is 10.9. The molecule has 1 aromatic rings. The van der Waals surface area contributed by atoms with E-state index in [1.807, 2.05) is 7.05 Å². The molecule has 1 rings (SSSR count). The van der Waals surface area contributed by atoms with E-state index in [0.29, 0.717) is 5.56 Å². The highest BCUT2D eigenvalue weighted by molar-refractivity contribution is 6.02. The number of nitrogens with one attached hydrogen (secondary N) is 1. The topological polar surface area (TPSA) is 33.5 Å². The van der Waals surface area contributed by atoms with Crippen LogP contribution in [-0.2, 0) is 0 Å². The van der Waals surface area contributed by atoms with Crippen LogP contribution < -0.4 is 5.32 Å². The fraction of sp³-hybridized carbons (Fsp3) is 0.111. The van der Waals surface area contributed by atoms with E-state index in [2.05, 4.69) is 10.2 Å². The zero-order chi connectivity index (χ0) is 8.97. The van der Waals surface area contributed by atoms with Crippen molar-refractivity contribution in [3.63, 3.8) is 0 Å². The predicted octanol–water partition coefficient (Wildman–Crippen LogP) is 1.83. The van der Waals surface area contributed by atoms with Crippen LogP contribution in [0.3, 0.4) is 0 Å². The second-order valence-electron chi connectivity index (χ2n) is 2.26. The minimum Gasteiger partial charge on any atom is -0.388 e. The van der Waals surface area contributed by atoms with Gasteiger partial charge in [-0.15, -0.1) is 0 Å². The van der Waals surface area contributed by atoms with Gasteiger partial charge in [0, 0.05) is 17.6 Å². The molecule has 12 heavy (non-hydrogen) atoms. The fourth-order valence-corrected chi connectivity index (χ4v) is 0.854. The number of hydrogen-bond donors (Lipinski definition) is 1. The van der Waals surface area contributed by atoms with Crippen LogP contribution >= 0.6 is 0 Å². The van der Waals surface area contributed by atoms with Crippen molar-refractivity contribution in [2.45, 2.75) is 0 Å². The Bertz CT molecular complexity index is 321. The van der Waals surface area contributed by atoms with Gasteiger partial charge < -0.3 is 5.32 Å². The third-order valence-corrected chi connectivity index (χ3v) is 1.54. The second kappa shape index (κ2) is 3.54. The molecule has 0 aliphatic carbocycles. The third kappa shape index (κ3) is 1.61. The molecule has 0 heterocycles. The highest BCUT2D eigenvalue weighted by atomic mass is 16.1. The molecule has 0 radical (unpaired) electrons. The van der Waals surface area contributed by atoms with E-state index < -0.39 is 5.91 Å². The monoisotopic (exact) mass is 161 g/mol. The van der Waals surface area contributed by atoms with Crippen molar-refractivity contribution in [2.24, 2.45) is 0 Å². The standard InChI is InChI=1S/C9H8N2O/c1-10-8-5-3-7(4-6-8)9(12)11-2/h2-6H,1H3/p+1. The number of carbonyl (C=O) groups excluding carboxylic acids is 1. The van der Waals surface area contributed by atoms with Gasteiger partial charge in [0.2, 0.25) is 0 Å². The summed E-state index contributed by atoms with van der Waals surface area (Å²) in [5.41, 5.74) is 1.44. The number of anilines is 1. The van der Waals surface area contributed by atoms with Crippen LogP contribution in [0.1, 0.15) is 10.4 Å². The molecule has 0 saturated carbocycles. The Morgan fingerprint density at radius 2 is 2.00 bits per heavy atom. The zero-order valence-corrected chi connectivity index (χ0v) is 6.74. The van der Waals surface area contributed by atoms with Crippen molar-refractivity contribution in [2.75, 3.05) is 12.4 Å². The van der Waals surface area contributed by atoms with Crippen molar-refractivity contribution < 1.29 is 4.79 Å². The van der Waals surface area contributed by atoms with E-state index in [-0.39, 0.29) is 0 Å². The lowest BCUT2D eigenvalue weighted by Gasteiger charge is -1.96. The van der Waals surface area contributed by atoms with Gasteiger partial charge in [0.05, 0.1) is 0 Å². The van der Waals surface area contributed by atoms with E-state index in [1.165, 1.54) is 0 Å². The summed E-state index contributed by atoms with van der Waals surface area (Å²) in [6.07, 6.45) is 0. The van der Waals surface area contributed by atoms with Gasteiger partial charge in [-0.2, -0.15) is 4.79 Å². The summed E-state index contributed by atoms with van der Waals surface area (Å²) in [4.78, 5) is 14.0. The molecule has 0 aliphatic heterocycles. The SMILES string of the molecule is C#[N+]C(=O)c1ccc(NC)cc1. The molecule has 0 atom stereocenters. The molecule has 3 nitrogen and oxygen atoms in total. The molecule has 0 saturated heterocycles. The van der Waals surface area contributed by atoms with E-state index in [4.69, 9.17) is 6.57 Å². The molecular formula is C9H9N2O+. The lowest BCUT2D eigenvalue weighted by atomic mass is 10.2. The normalized spacial score (nSPS) is 8.67. The van der Waals surface area contributed by atoms with Crippen molar-refractivity contribution in [1.82, 2.24) is 0 Å². The van der Waals surface area contributed by atoms with Crippen molar-refractivity contribution in [1.29, 1.82) is 0 Å². The number of carbonyl (C=O) groups is 1. The molecule has 0 spiro atoms. The zero-order valence-electron chi connectivity index (χ0n) is 6.74. The maximum atomic E-state index is 10.9. The molecule has 0 aliphatic rings. The van der Waals surface area contributed by atoms with Crippen LogP contribution in [0, 0.1) is 6.57 Å². The van der Waals surface area contributed by atoms with E-state index in [0.717, 1.165) is 5.69 Å². The van der Waals surface area contributed by atoms with Crippen LogP contribution in [0.4, 0.5) is 5.69 Å². The molecule has 1 N–H and O–H groups in total. The van der Waals surface area contributed by atoms with Gasteiger partial charge in [-0.25, -0.2) is 0 Å². The van der Waals surface area contributed by atoms with Crippen molar-refractivity contribution >= 4 is 11.6 Å². The van der Waals surface area contributed by atoms with E-state index in [9.17, 15) is 4.79 Å². The first-order valence-corrected chi connectivity index (χ1v) is 3.51. The molecule has 0 unspecified atom stereocenters. The Morgan fingerprint density at radius 3 is 2.42 bits per heavy atom. The lowest BCUT2D eigenvalue weighted by Crippen LogP contribution is -1.92. The first-order valence-electron chi connectivity index (χ1n) is 3.51. The van der Waals surface area contributed by atoms with Gasteiger partial charge in [-0.1, -0.05) is 0 Å². The first-order chi connectivity index (χ1) is 5.77. The van der Waals surface area contributed by atoms with Crippen LogP contribution in [0.5, 0.6) is 0 Å². The number of benzene rings is 1. The Kier molecular flexibility index (Phi) is 2.44. The van der Waals surface area contributed by atoms with Gasteiger partial charge >= 0.3 is 5.91 Å². The minimum atomic E-state index is -0.405. The smallest absolute Gasteiger partial charge is 0.388 e. The van der Waals surface area contributed by atoms with E-state index in [1.54, 1.807) is 24.3 Å². The molecule has 1 aromatic carbocycles. The molecule has 1 amide bonds. The summed E-state index contributed by atoms with van der Waals surface area (Å²) in [5, 5.41) is 2.94. The van der Waals surface area contributed by atoms with Gasteiger partial charge in [-0.05, 0) is 24.3 Å². The molecule has 0 aromatic heterocycles. The molecule has 3 heteroatoms. The van der Waals surface area contributed by atoms with Crippen LogP contribution in [-0.4, -0.2) is 13.0 Å². The second-order valence-corrected chi connectivity index (χ2v) is 2.26. The Balaban J connectivity index is 2.94. The third-order valence-electron chi connectivity index (χ3n) is 1.54. The summed E-state index contributed by atoms with van der Waals surface area (Å²) in [5.74, 6) is -0.405. The largest absolute Gasteiger partial charge is 0.547 e. The summed E-state index contributed by atoms with van der Waals surface area (Å²) < 4.78 is 0. The quantitative estimate of drug-likeness (QED) is 0.717. The number of nitrogens with zero attached hydrogens (tertiary/aromatic N) is 1. The number of rotatable bonds is 2. The number of amides is 1. The van der Waals surface area contributed by atoms with E-state index >= 15 is 0 Å². The highest BCUT2D eigenvalue weighted by Gasteiger charge is 2.12. The molecule has 0 bridgehead atoms. The predicted molar refractivity (Wildman–Crippen MR) is 48.6 cm³/mol. The molecule has 60 valence electrons. The summed E-state index contributed by atoms with van der Waals surface area (Å²) in [6.45, 7) is 4.83.